The summed E-state index contributed by atoms with van der Waals surface area (Å²) in [5.41, 5.74) is 0.657. The number of rotatable bonds is 4. The van der Waals surface area contributed by atoms with Gasteiger partial charge in [-0.3, -0.25) is 4.79 Å². The van der Waals surface area contributed by atoms with Crippen LogP contribution in [0.15, 0.2) is 29.2 Å². The molecule has 1 fully saturated rings. The van der Waals surface area contributed by atoms with Gasteiger partial charge >= 0.3 is 12.1 Å². The topological polar surface area (TPSA) is 55.8 Å². The molecule has 1 aromatic carbocycles. The molecule has 0 bridgehead atoms. The summed E-state index contributed by atoms with van der Waals surface area (Å²) < 4.78 is 10.3. The molecule has 2 atom stereocenters. The lowest BCUT2D eigenvalue weighted by Gasteiger charge is -2.28. The first-order valence-electron chi connectivity index (χ1n) is 8.47. The van der Waals surface area contributed by atoms with Crippen molar-refractivity contribution in [2.24, 2.45) is 0 Å². The predicted molar refractivity (Wildman–Crippen MR) is 98.8 cm³/mol. The molecule has 0 N–H and O–H groups in total. The fourth-order valence-electron chi connectivity index (χ4n) is 2.78. The Morgan fingerprint density at radius 2 is 1.88 bits per heavy atom. The van der Waals surface area contributed by atoms with Crippen molar-refractivity contribution in [3.8, 4) is 0 Å². The van der Waals surface area contributed by atoms with Crippen LogP contribution in [0, 0.1) is 6.92 Å². The van der Waals surface area contributed by atoms with Crippen molar-refractivity contribution >= 4 is 23.8 Å². The number of hydrogen-bond donors (Lipinski definition) is 0. The Kier molecular flexibility index (Phi) is 6.38. The van der Waals surface area contributed by atoms with Crippen LogP contribution in [0.2, 0.25) is 0 Å². The normalized spacial score (nSPS) is 20.4. The van der Waals surface area contributed by atoms with E-state index in [2.05, 4.69) is 31.2 Å². The second-order valence-corrected chi connectivity index (χ2v) is 8.73. The molecule has 1 aliphatic heterocycles. The van der Waals surface area contributed by atoms with Gasteiger partial charge in [0.15, 0.2) is 0 Å². The molecule has 5 nitrogen and oxygen atoms in total. The average Bonchev–Trinajstić information content (AvgIpc) is 2.90. The molecule has 1 amide bonds. The number of carbonyl (C=O) groups excluding carboxylic acids is 2. The summed E-state index contributed by atoms with van der Waals surface area (Å²) in [6, 6.07) is 8.14. The van der Waals surface area contributed by atoms with Crippen LogP contribution in [-0.4, -0.2) is 47.5 Å². The number of aryl methyl sites for hydroxylation is 1. The van der Waals surface area contributed by atoms with Crippen molar-refractivity contribution in [3.63, 3.8) is 0 Å². The third kappa shape index (κ3) is 5.96. The van der Waals surface area contributed by atoms with Crippen LogP contribution in [0.25, 0.3) is 0 Å². The zero-order chi connectivity index (χ0) is 18.6. The molecule has 25 heavy (non-hydrogen) atoms. The largest absolute Gasteiger partial charge is 0.469 e. The van der Waals surface area contributed by atoms with Crippen LogP contribution < -0.4 is 0 Å². The maximum absolute atomic E-state index is 12.5. The minimum absolute atomic E-state index is 0.190. The average molecular weight is 365 g/mol. The SMILES string of the molecule is COC(=O)CC1C[C@@H](Sc2ccc(C)cc2)CN1C(=O)OC(C)(C)C. The molecule has 1 aromatic rings. The molecule has 0 aliphatic carbocycles. The summed E-state index contributed by atoms with van der Waals surface area (Å²) in [5, 5.41) is 0.227. The molecular formula is C19H27NO4S. The van der Waals surface area contributed by atoms with Gasteiger partial charge in [0.25, 0.3) is 0 Å². The van der Waals surface area contributed by atoms with Crippen molar-refractivity contribution in [1.29, 1.82) is 0 Å². The number of esters is 1. The highest BCUT2D eigenvalue weighted by molar-refractivity contribution is 8.00. The molecule has 2 rings (SSSR count). The van der Waals surface area contributed by atoms with E-state index >= 15 is 0 Å². The first-order chi connectivity index (χ1) is 11.7. The van der Waals surface area contributed by atoms with E-state index in [1.165, 1.54) is 17.6 Å². The molecule has 1 aliphatic rings. The quantitative estimate of drug-likeness (QED) is 0.754. The van der Waals surface area contributed by atoms with Gasteiger partial charge in [-0.1, -0.05) is 17.7 Å². The van der Waals surface area contributed by atoms with Crippen molar-refractivity contribution < 1.29 is 19.1 Å². The molecule has 1 unspecified atom stereocenters. The van der Waals surface area contributed by atoms with E-state index in [1.54, 1.807) is 16.7 Å². The number of amides is 1. The van der Waals surface area contributed by atoms with Gasteiger partial charge in [0.2, 0.25) is 0 Å². The van der Waals surface area contributed by atoms with Gasteiger partial charge in [0.05, 0.1) is 13.5 Å². The summed E-state index contributed by atoms with van der Waals surface area (Å²) in [4.78, 5) is 27.1. The number of benzene rings is 1. The van der Waals surface area contributed by atoms with Crippen LogP contribution in [0.1, 0.15) is 39.2 Å². The molecule has 0 radical (unpaired) electrons. The van der Waals surface area contributed by atoms with E-state index in [4.69, 9.17) is 9.47 Å². The van der Waals surface area contributed by atoms with Crippen molar-refractivity contribution in [1.82, 2.24) is 4.90 Å². The second-order valence-electron chi connectivity index (χ2n) is 7.36. The summed E-state index contributed by atoms with van der Waals surface area (Å²) in [5.74, 6) is -0.306. The number of nitrogens with zero attached hydrogens (tertiary/aromatic N) is 1. The Bertz CT molecular complexity index is 609. The lowest BCUT2D eigenvalue weighted by molar-refractivity contribution is -0.141. The number of likely N-dealkylation sites (tertiary alicyclic amines) is 1. The maximum atomic E-state index is 12.5. The van der Waals surface area contributed by atoms with Crippen LogP contribution in [0.5, 0.6) is 0 Å². The van der Waals surface area contributed by atoms with Crippen molar-refractivity contribution in [3.05, 3.63) is 29.8 Å². The fraction of sp³-hybridized carbons (Fsp3) is 0.579. The van der Waals surface area contributed by atoms with Gasteiger partial charge in [-0.2, -0.15) is 0 Å². The first-order valence-corrected chi connectivity index (χ1v) is 9.35. The van der Waals surface area contributed by atoms with Gasteiger partial charge < -0.3 is 14.4 Å². The zero-order valence-electron chi connectivity index (χ0n) is 15.6. The molecule has 0 saturated carbocycles. The number of carbonyl (C=O) groups is 2. The Balaban J connectivity index is 2.07. The van der Waals surface area contributed by atoms with Crippen LogP contribution in [0.4, 0.5) is 4.79 Å². The number of thioether (sulfide) groups is 1. The minimum Gasteiger partial charge on any atom is -0.469 e. The molecule has 0 spiro atoms. The molecule has 0 aromatic heterocycles. The monoisotopic (exact) mass is 365 g/mol. The summed E-state index contributed by atoms with van der Waals surface area (Å²) >= 11 is 1.74. The van der Waals surface area contributed by atoms with Gasteiger partial charge in [-0.25, -0.2) is 4.79 Å². The smallest absolute Gasteiger partial charge is 0.410 e. The van der Waals surface area contributed by atoms with Gasteiger partial charge in [0.1, 0.15) is 5.60 Å². The number of hydrogen-bond acceptors (Lipinski definition) is 5. The Morgan fingerprint density at radius 1 is 1.24 bits per heavy atom. The van der Waals surface area contributed by atoms with E-state index in [0.29, 0.717) is 6.54 Å². The van der Waals surface area contributed by atoms with E-state index in [-0.39, 0.29) is 29.8 Å². The highest BCUT2D eigenvalue weighted by atomic mass is 32.2. The summed E-state index contributed by atoms with van der Waals surface area (Å²) in [6.45, 7) is 8.15. The third-order valence-electron chi connectivity index (χ3n) is 3.96. The third-order valence-corrected chi connectivity index (χ3v) is 5.18. The Labute approximate surface area is 154 Å². The first kappa shape index (κ1) is 19.6. The number of ether oxygens (including phenoxy) is 2. The predicted octanol–water partition coefficient (Wildman–Crippen LogP) is 4.03. The van der Waals surface area contributed by atoms with Crippen LogP contribution >= 0.6 is 11.8 Å². The van der Waals surface area contributed by atoms with E-state index in [1.807, 2.05) is 20.8 Å². The van der Waals surface area contributed by atoms with Gasteiger partial charge in [-0.15, -0.1) is 11.8 Å². The Hall–Kier alpha value is -1.69. The lowest BCUT2D eigenvalue weighted by Crippen LogP contribution is -2.41. The van der Waals surface area contributed by atoms with Crippen LogP contribution in [0.3, 0.4) is 0 Å². The summed E-state index contributed by atoms with van der Waals surface area (Å²) in [6.07, 6.45) is 0.571. The van der Waals surface area contributed by atoms with Gasteiger partial charge in [0, 0.05) is 22.7 Å². The maximum Gasteiger partial charge on any atom is 0.410 e. The van der Waals surface area contributed by atoms with E-state index in [0.717, 1.165) is 6.42 Å². The fourth-order valence-corrected chi connectivity index (χ4v) is 4.01. The minimum atomic E-state index is -0.560. The molecule has 1 saturated heterocycles. The van der Waals surface area contributed by atoms with Gasteiger partial charge in [-0.05, 0) is 46.2 Å². The molecule has 6 heteroatoms. The molecule has 138 valence electrons. The highest BCUT2D eigenvalue weighted by Crippen LogP contribution is 2.35. The lowest BCUT2D eigenvalue weighted by atomic mass is 10.1. The number of methoxy groups -OCH3 is 1. The molecular weight excluding hydrogens is 338 g/mol. The standard InChI is InChI=1S/C19H27NO4S/c1-13-6-8-15(9-7-13)25-16-10-14(11-17(21)23-5)20(12-16)18(22)24-19(2,3)4/h6-9,14,16H,10-12H2,1-5H3/t14?,16-/m1/s1. The van der Waals surface area contributed by atoms with Crippen molar-refractivity contribution in [2.45, 2.75) is 62.3 Å². The van der Waals surface area contributed by atoms with Crippen LogP contribution in [-0.2, 0) is 14.3 Å². The summed E-state index contributed by atoms with van der Waals surface area (Å²) in [7, 11) is 1.37. The Morgan fingerprint density at radius 3 is 2.44 bits per heavy atom. The van der Waals surface area contributed by atoms with E-state index in [9.17, 15) is 9.59 Å². The molecule has 1 heterocycles. The van der Waals surface area contributed by atoms with Crippen molar-refractivity contribution in [2.75, 3.05) is 13.7 Å². The zero-order valence-corrected chi connectivity index (χ0v) is 16.4. The van der Waals surface area contributed by atoms with E-state index < -0.39 is 5.60 Å². The highest BCUT2D eigenvalue weighted by Gasteiger charge is 2.39. The second kappa shape index (κ2) is 8.13.